The number of amides is 2. The van der Waals surface area contributed by atoms with Crippen molar-refractivity contribution in [3.63, 3.8) is 0 Å². The van der Waals surface area contributed by atoms with Gasteiger partial charge in [-0.3, -0.25) is 9.59 Å². The van der Waals surface area contributed by atoms with Gasteiger partial charge in [0.15, 0.2) is 0 Å². The highest BCUT2D eigenvalue weighted by molar-refractivity contribution is 8.76. The van der Waals surface area contributed by atoms with Crippen molar-refractivity contribution in [2.75, 3.05) is 11.5 Å². The van der Waals surface area contributed by atoms with Crippen molar-refractivity contribution in [1.29, 1.82) is 0 Å². The number of carboxylic acid groups (broad SMARTS) is 2. The Labute approximate surface area is 226 Å². The molecule has 0 spiro atoms. The molecule has 0 fully saturated rings. The summed E-state index contributed by atoms with van der Waals surface area (Å²) in [5.74, 6) is -3.42. The molecule has 0 saturated carbocycles. The second-order valence-electron chi connectivity index (χ2n) is 8.35. The van der Waals surface area contributed by atoms with Crippen LogP contribution in [0.4, 0.5) is 0 Å². The van der Waals surface area contributed by atoms with E-state index in [4.69, 9.17) is 0 Å². The molecule has 38 heavy (non-hydrogen) atoms. The molecule has 0 unspecified atom stereocenters. The largest absolute Gasteiger partial charge is 0.480 e. The molecule has 0 saturated heterocycles. The van der Waals surface area contributed by atoms with Gasteiger partial charge >= 0.3 is 11.9 Å². The van der Waals surface area contributed by atoms with Crippen LogP contribution < -0.4 is 10.6 Å². The van der Waals surface area contributed by atoms with Crippen molar-refractivity contribution >= 4 is 66.9 Å². The van der Waals surface area contributed by atoms with Crippen LogP contribution in [0.3, 0.4) is 0 Å². The summed E-state index contributed by atoms with van der Waals surface area (Å²) >= 11 is 0. The van der Waals surface area contributed by atoms with Crippen LogP contribution in [0.2, 0.25) is 0 Å². The lowest BCUT2D eigenvalue weighted by atomic mass is 10.0. The third-order valence-corrected chi connectivity index (χ3v) is 8.25. The minimum absolute atomic E-state index is 0.000114. The van der Waals surface area contributed by atoms with Crippen molar-refractivity contribution in [2.45, 2.75) is 12.1 Å². The van der Waals surface area contributed by atoms with Gasteiger partial charge in [0.25, 0.3) is 11.8 Å². The van der Waals surface area contributed by atoms with Gasteiger partial charge in [-0.1, -0.05) is 94.4 Å². The van der Waals surface area contributed by atoms with Crippen LogP contribution in [0, 0.1) is 0 Å². The van der Waals surface area contributed by atoms with Gasteiger partial charge in [-0.2, -0.15) is 0 Å². The van der Waals surface area contributed by atoms with E-state index in [-0.39, 0.29) is 11.5 Å². The van der Waals surface area contributed by atoms with Crippen molar-refractivity contribution in [2.24, 2.45) is 0 Å². The predicted molar refractivity (Wildman–Crippen MR) is 151 cm³/mol. The lowest BCUT2D eigenvalue weighted by Gasteiger charge is -2.17. The van der Waals surface area contributed by atoms with Crippen LogP contribution in [0.5, 0.6) is 0 Å². The third-order valence-electron chi connectivity index (χ3n) is 5.83. The van der Waals surface area contributed by atoms with Gasteiger partial charge in [0.05, 0.1) is 0 Å². The van der Waals surface area contributed by atoms with Crippen molar-refractivity contribution in [3.05, 3.63) is 96.1 Å². The van der Waals surface area contributed by atoms with Gasteiger partial charge in [0.2, 0.25) is 0 Å². The van der Waals surface area contributed by atoms with E-state index in [1.165, 1.54) is 0 Å². The number of hydrogen-bond acceptors (Lipinski definition) is 6. The minimum Gasteiger partial charge on any atom is -0.480 e. The second kappa shape index (κ2) is 12.5. The molecule has 194 valence electrons. The Balaban J connectivity index is 1.34. The summed E-state index contributed by atoms with van der Waals surface area (Å²) in [4.78, 5) is 49.2. The minimum atomic E-state index is -1.20. The van der Waals surface area contributed by atoms with Crippen molar-refractivity contribution in [1.82, 2.24) is 10.6 Å². The maximum Gasteiger partial charge on any atom is 0.327 e. The number of rotatable bonds is 11. The Morgan fingerprint density at radius 2 is 0.947 bits per heavy atom. The van der Waals surface area contributed by atoms with E-state index < -0.39 is 35.8 Å². The summed E-state index contributed by atoms with van der Waals surface area (Å²) < 4.78 is 0. The van der Waals surface area contributed by atoms with E-state index in [1.54, 1.807) is 48.5 Å². The van der Waals surface area contributed by atoms with Crippen molar-refractivity contribution in [3.8, 4) is 0 Å². The average Bonchev–Trinajstić information content (AvgIpc) is 2.92. The lowest BCUT2D eigenvalue weighted by molar-refractivity contribution is -0.139. The number of fused-ring (bicyclic) bond motifs is 2. The molecule has 0 radical (unpaired) electrons. The lowest BCUT2D eigenvalue weighted by Crippen LogP contribution is -2.43. The Bertz CT molecular complexity index is 1390. The van der Waals surface area contributed by atoms with Crippen LogP contribution in [-0.4, -0.2) is 57.6 Å². The Morgan fingerprint density at radius 3 is 1.34 bits per heavy atom. The number of benzene rings is 4. The normalized spacial score (nSPS) is 12.5. The molecular weight excluding hydrogens is 524 g/mol. The second-order valence-corrected chi connectivity index (χ2v) is 10.9. The molecule has 8 nitrogen and oxygen atoms in total. The topological polar surface area (TPSA) is 133 Å². The molecule has 0 aliphatic carbocycles. The van der Waals surface area contributed by atoms with Gasteiger partial charge in [-0.25, -0.2) is 9.59 Å². The monoisotopic (exact) mass is 548 g/mol. The molecule has 0 aromatic heterocycles. The maximum absolute atomic E-state index is 12.8. The molecule has 4 aromatic rings. The van der Waals surface area contributed by atoms with Gasteiger partial charge < -0.3 is 20.8 Å². The van der Waals surface area contributed by atoms with Gasteiger partial charge in [0, 0.05) is 22.6 Å². The number of aliphatic carboxylic acids is 2. The number of hydrogen-bond donors (Lipinski definition) is 4. The van der Waals surface area contributed by atoms with E-state index in [1.807, 2.05) is 36.4 Å². The fraction of sp³-hybridized carbons (Fsp3) is 0.143. The first-order valence-electron chi connectivity index (χ1n) is 11.6. The van der Waals surface area contributed by atoms with Gasteiger partial charge in [-0.15, -0.1) is 0 Å². The first-order chi connectivity index (χ1) is 18.3. The van der Waals surface area contributed by atoms with E-state index >= 15 is 0 Å². The molecule has 4 N–H and O–H groups in total. The highest BCUT2D eigenvalue weighted by Gasteiger charge is 2.24. The fourth-order valence-corrected chi connectivity index (χ4v) is 6.21. The van der Waals surface area contributed by atoms with Gasteiger partial charge in [-0.05, 0) is 33.7 Å². The summed E-state index contributed by atoms with van der Waals surface area (Å²) in [6, 6.07) is 22.7. The molecule has 4 aromatic carbocycles. The number of carbonyl (C=O) groups excluding carboxylic acids is 2. The quantitative estimate of drug-likeness (QED) is 0.160. The van der Waals surface area contributed by atoms with Crippen LogP contribution in [0.15, 0.2) is 84.9 Å². The molecule has 4 rings (SSSR count). The van der Waals surface area contributed by atoms with E-state index in [9.17, 15) is 29.4 Å². The summed E-state index contributed by atoms with van der Waals surface area (Å²) in [5, 5.41) is 27.5. The Morgan fingerprint density at radius 1 is 0.579 bits per heavy atom. The molecule has 0 bridgehead atoms. The highest BCUT2D eigenvalue weighted by atomic mass is 33.1. The molecule has 10 heteroatoms. The first-order valence-corrected chi connectivity index (χ1v) is 14.1. The maximum atomic E-state index is 12.8. The molecule has 2 amide bonds. The fourth-order valence-electron chi connectivity index (χ4n) is 3.90. The summed E-state index contributed by atoms with van der Waals surface area (Å²) in [6.45, 7) is 0. The molecule has 0 aliphatic heterocycles. The van der Waals surface area contributed by atoms with Crippen LogP contribution in [0.1, 0.15) is 20.7 Å². The Kier molecular flexibility index (Phi) is 8.88. The number of nitrogens with one attached hydrogen (secondary N) is 2. The van der Waals surface area contributed by atoms with E-state index in [2.05, 4.69) is 10.6 Å². The summed E-state index contributed by atoms with van der Waals surface area (Å²) in [7, 11) is 2.22. The standard InChI is InChI=1S/C28H24N2O6S2/c31-25(21-13-5-9-17-7-1-3-11-19(17)21)29-23(27(33)34)15-37-38-16-24(28(35)36)30-26(32)22-14-6-10-18-8-2-4-12-20(18)22/h1-14,23-24H,15-16H2,(H,29,31)(H,30,32)(H,33,34)(H,35,36)/t23-,24-/m0/s1. The molecule has 0 heterocycles. The Hall–Kier alpha value is -4.02. The van der Waals surface area contributed by atoms with Crippen molar-refractivity contribution < 1.29 is 29.4 Å². The zero-order valence-corrected chi connectivity index (χ0v) is 21.6. The summed E-state index contributed by atoms with van der Waals surface area (Å²) in [6.07, 6.45) is 0. The first kappa shape index (κ1) is 27.0. The molecular formula is C28H24N2O6S2. The molecule has 0 aliphatic rings. The molecule has 2 atom stereocenters. The third kappa shape index (κ3) is 6.45. The highest BCUT2D eigenvalue weighted by Crippen LogP contribution is 2.25. The van der Waals surface area contributed by atoms with E-state index in [0.717, 1.165) is 32.4 Å². The number of carbonyl (C=O) groups is 4. The summed E-state index contributed by atoms with van der Waals surface area (Å²) in [5.41, 5.74) is 0.739. The van der Waals surface area contributed by atoms with E-state index in [0.29, 0.717) is 21.9 Å². The van der Waals surface area contributed by atoms with Crippen LogP contribution in [0.25, 0.3) is 21.5 Å². The zero-order valence-electron chi connectivity index (χ0n) is 20.0. The van der Waals surface area contributed by atoms with Gasteiger partial charge in [0.1, 0.15) is 12.1 Å². The SMILES string of the molecule is O=C(N[C@@H](CSSC[C@H](NC(=O)c1cccc2ccccc12)C(=O)O)C(=O)O)c1cccc2ccccc12. The smallest absolute Gasteiger partial charge is 0.327 e. The average molecular weight is 549 g/mol. The van der Waals surface area contributed by atoms with Crippen LogP contribution >= 0.6 is 21.6 Å². The zero-order chi connectivity index (χ0) is 27.1. The van der Waals surface area contributed by atoms with Crippen LogP contribution in [-0.2, 0) is 9.59 Å². The predicted octanol–water partition coefficient (Wildman–Crippen LogP) is 4.44. The number of carboxylic acids is 2.